The third kappa shape index (κ3) is 3.62. The quantitative estimate of drug-likeness (QED) is 0.907. The average Bonchev–Trinajstić information content (AvgIpc) is 2.38. The van der Waals surface area contributed by atoms with Gasteiger partial charge in [0.25, 0.3) is 0 Å². The highest BCUT2D eigenvalue weighted by Crippen LogP contribution is 2.39. The Kier molecular flexibility index (Phi) is 4.87. The summed E-state index contributed by atoms with van der Waals surface area (Å²) in [5.41, 5.74) is 2.82. The maximum Gasteiger partial charge on any atom is 0.0631 e. The Morgan fingerprint density at radius 1 is 1.30 bits per heavy atom. The molecule has 0 heterocycles. The van der Waals surface area contributed by atoms with Gasteiger partial charge in [-0.05, 0) is 49.3 Å². The van der Waals surface area contributed by atoms with Crippen LogP contribution in [0, 0.1) is 18.3 Å². The van der Waals surface area contributed by atoms with Gasteiger partial charge in [-0.2, -0.15) is 0 Å². The van der Waals surface area contributed by atoms with Crippen LogP contribution in [0.15, 0.2) is 24.3 Å². The normalized spacial score (nSPS) is 25.9. The molecule has 2 nitrogen and oxygen atoms in total. The van der Waals surface area contributed by atoms with Crippen LogP contribution in [-0.2, 0) is 6.54 Å². The van der Waals surface area contributed by atoms with Crippen molar-refractivity contribution in [2.75, 3.05) is 13.6 Å². The lowest BCUT2D eigenvalue weighted by molar-refractivity contribution is -0.0414. The Morgan fingerprint density at radius 3 is 2.70 bits per heavy atom. The van der Waals surface area contributed by atoms with E-state index in [2.05, 4.69) is 57.0 Å². The molecule has 2 rings (SSSR count). The van der Waals surface area contributed by atoms with E-state index in [-0.39, 0.29) is 11.5 Å². The minimum absolute atomic E-state index is 0.0758. The molecule has 0 bridgehead atoms. The molecule has 1 N–H and O–H groups in total. The molecule has 2 heteroatoms. The molecule has 0 aromatic heterocycles. The van der Waals surface area contributed by atoms with Crippen molar-refractivity contribution in [3.8, 4) is 0 Å². The average molecular weight is 275 g/mol. The fourth-order valence-corrected chi connectivity index (χ4v) is 3.50. The first-order valence-electron chi connectivity index (χ1n) is 7.81. The summed E-state index contributed by atoms with van der Waals surface area (Å²) >= 11 is 0. The van der Waals surface area contributed by atoms with Crippen molar-refractivity contribution in [1.82, 2.24) is 4.90 Å². The Morgan fingerprint density at radius 2 is 2.00 bits per heavy atom. The molecule has 112 valence electrons. The molecule has 20 heavy (non-hydrogen) atoms. The minimum atomic E-state index is -0.171. The van der Waals surface area contributed by atoms with E-state index >= 15 is 0 Å². The van der Waals surface area contributed by atoms with Crippen molar-refractivity contribution in [3.05, 3.63) is 35.4 Å². The summed E-state index contributed by atoms with van der Waals surface area (Å²) in [6, 6.07) is 8.57. The molecule has 1 saturated carbocycles. The third-order valence-electron chi connectivity index (χ3n) is 4.89. The molecular weight excluding hydrogens is 246 g/mol. The van der Waals surface area contributed by atoms with E-state index in [1.807, 2.05) is 0 Å². The zero-order valence-electron chi connectivity index (χ0n) is 13.4. The van der Waals surface area contributed by atoms with Crippen molar-refractivity contribution in [2.24, 2.45) is 11.3 Å². The van der Waals surface area contributed by atoms with Crippen LogP contribution in [0.1, 0.15) is 44.2 Å². The second-order valence-electron chi connectivity index (χ2n) is 7.21. The summed E-state index contributed by atoms with van der Waals surface area (Å²) in [5, 5.41) is 10.5. The summed E-state index contributed by atoms with van der Waals surface area (Å²) in [7, 11) is 2.17. The van der Waals surface area contributed by atoms with E-state index in [9.17, 15) is 5.11 Å². The van der Waals surface area contributed by atoms with E-state index in [0.29, 0.717) is 5.92 Å². The summed E-state index contributed by atoms with van der Waals surface area (Å²) in [5.74, 6) is 0.410. The smallest absolute Gasteiger partial charge is 0.0631 e. The molecule has 1 fully saturated rings. The summed E-state index contributed by atoms with van der Waals surface area (Å²) in [6.45, 7) is 8.52. The maximum absolute atomic E-state index is 10.5. The molecule has 0 spiro atoms. The third-order valence-corrected chi connectivity index (χ3v) is 4.89. The summed E-state index contributed by atoms with van der Waals surface area (Å²) in [6.07, 6.45) is 3.37. The maximum atomic E-state index is 10.5. The molecule has 2 unspecified atom stereocenters. The molecule has 0 aliphatic heterocycles. The fourth-order valence-electron chi connectivity index (χ4n) is 3.50. The number of aliphatic hydroxyl groups excluding tert-OH is 1. The predicted octanol–water partition coefficient (Wildman–Crippen LogP) is 3.61. The van der Waals surface area contributed by atoms with Gasteiger partial charge in [0.05, 0.1) is 6.10 Å². The molecular formula is C18H29NO. The Hall–Kier alpha value is -0.860. The lowest BCUT2D eigenvalue weighted by Crippen LogP contribution is -2.44. The number of benzene rings is 1. The first-order chi connectivity index (χ1) is 9.40. The highest BCUT2D eigenvalue weighted by atomic mass is 16.3. The first kappa shape index (κ1) is 15.5. The van der Waals surface area contributed by atoms with Gasteiger partial charge in [0.15, 0.2) is 0 Å². The van der Waals surface area contributed by atoms with E-state index in [1.165, 1.54) is 17.5 Å². The lowest BCUT2D eigenvalue weighted by Gasteiger charge is -2.42. The molecule has 2 atom stereocenters. The predicted molar refractivity (Wildman–Crippen MR) is 84.6 cm³/mol. The first-order valence-corrected chi connectivity index (χ1v) is 7.81. The Balaban J connectivity index is 1.94. The van der Waals surface area contributed by atoms with Crippen molar-refractivity contribution in [3.63, 3.8) is 0 Å². The van der Waals surface area contributed by atoms with Crippen LogP contribution in [0.2, 0.25) is 0 Å². The largest absolute Gasteiger partial charge is 0.392 e. The standard InChI is InChI=1S/C18H29NO/c1-14-8-5-6-9-15(14)12-19(4)13-16-10-7-11-18(2,3)17(16)20/h5-6,8-9,16-17,20H,7,10-13H2,1-4H3. The van der Waals surface area contributed by atoms with E-state index in [4.69, 9.17) is 0 Å². The Bertz CT molecular complexity index is 441. The van der Waals surface area contributed by atoms with E-state index in [1.54, 1.807) is 0 Å². The highest BCUT2D eigenvalue weighted by Gasteiger charge is 2.37. The zero-order valence-corrected chi connectivity index (χ0v) is 13.4. The number of hydrogen-bond donors (Lipinski definition) is 1. The minimum Gasteiger partial charge on any atom is -0.392 e. The van der Waals surface area contributed by atoms with Crippen molar-refractivity contribution >= 4 is 0 Å². The van der Waals surface area contributed by atoms with Gasteiger partial charge in [-0.3, -0.25) is 0 Å². The number of aliphatic hydroxyl groups is 1. The zero-order chi connectivity index (χ0) is 14.8. The van der Waals surface area contributed by atoms with Crippen molar-refractivity contribution in [2.45, 2.75) is 52.7 Å². The summed E-state index contributed by atoms with van der Waals surface area (Å²) in [4.78, 5) is 2.36. The van der Waals surface area contributed by atoms with Gasteiger partial charge in [-0.1, -0.05) is 44.5 Å². The van der Waals surface area contributed by atoms with Crippen molar-refractivity contribution < 1.29 is 5.11 Å². The molecule has 0 amide bonds. The van der Waals surface area contributed by atoms with Crippen LogP contribution in [0.4, 0.5) is 0 Å². The number of nitrogens with zero attached hydrogens (tertiary/aromatic N) is 1. The monoisotopic (exact) mass is 275 g/mol. The van der Waals surface area contributed by atoms with E-state index in [0.717, 1.165) is 25.9 Å². The Labute approximate surface area is 123 Å². The van der Waals surface area contributed by atoms with Crippen LogP contribution in [0.5, 0.6) is 0 Å². The topological polar surface area (TPSA) is 23.5 Å². The van der Waals surface area contributed by atoms with Gasteiger partial charge in [0, 0.05) is 13.1 Å². The van der Waals surface area contributed by atoms with Crippen LogP contribution in [-0.4, -0.2) is 29.7 Å². The van der Waals surface area contributed by atoms with E-state index < -0.39 is 0 Å². The highest BCUT2D eigenvalue weighted by molar-refractivity contribution is 5.25. The molecule has 0 radical (unpaired) electrons. The SMILES string of the molecule is Cc1ccccc1CN(C)CC1CCCC(C)(C)C1O. The van der Waals surface area contributed by atoms with Gasteiger partial charge >= 0.3 is 0 Å². The van der Waals surface area contributed by atoms with Crippen LogP contribution in [0.3, 0.4) is 0 Å². The van der Waals surface area contributed by atoms with Crippen LogP contribution >= 0.6 is 0 Å². The molecule has 1 aromatic rings. The second-order valence-corrected chi connectivity index (χ2v) is 7.21. The molecule has 1 aliphatic carbocycles. The van der Waals surface area contributed by atoms with Gasteiger partial charge in [-0.15, -0.1) is 0 Å². The van der Waals surface area contributed by atoms with Gasteiger partial charge in [-0.25, -0.2) is 0 Å². The van der Waals surface area contributed by atoms with Gasteiger partial charge in [0.2, 0.25) is 0 Å². The van der Waals surface area contributed by atoms with Crippen molar-refractivity contribution in [1.29, 1.82) is 0 Å². The lowest BCUT2D eigenvalue weighted by atomic mass is 9.69. The number of rotatable bonds is 4. The van der Waals surface area contributed by atoms with Gasteiger partial charge < -0.3 is 10.0 Å². The molecule has 1 aliphatic rings. The molecule has 0 saturated heterocycles. The second kappa shape index (κ2) is 6.28. The fraction of sp³-hybridized carbons (Fsp3) is 0.667. The number of aryl methyl sites for hydroxylation is 1. The number of hydrogen-bond acceptors (Lipinski definition) is 2. The van der Waals surface area contributed by atoms with Gasteiger partial charge in [0.1, 0.15) is 0 Å². The summed E-state index contributed by atoms with van der Waals surface area (Å²) < 4.78 is 0. The molecule has 1 aromatic carbocycles. The van der Waals surface area contributed by atoms with Crippen LogP contribution in [0.25, 0.3) is 0 Å². The van der Waals surface area contributed by atoms with Crippen LogP contribution < -0.4 is 0 Å².